The number of amides is 1. The Morgan fingerprint density at radius 2 is 2.21 bits per heavy atom. The largest absolute Gasteiger partial charge is 0.298 e. The van der Waals surface area contributed by atoms with Gasteiger partial charge >= 0.3 is 0 Å². The molecule has 19 heavy (non-hydrogen) atoms. The van der Waals surface area contributed by atoms with Crippen molar-refractivity contribution in [2.24, 2.45) is 0 Å². The first kappa shape index (κ1) is 12.8. The van der Waals surface area contributed by atoms with Crippen LogP contribution in [-0.2, 0) is 0 Å². The molecule has 2 aromatic rings. The van der Waals surface area contributed by atoms with Crippen LogP contribution >= 0.6 is 27.3 Å². The number of hydrogen-bond donors (Lipinski definition) is 1. The Labute approximate surface area is 124 Å². The molecule has 5 heteroatoms. The van der Waals surface area contributed by atoms with E-state index in [1.54, 1.807) is 0 Å². The highest BCUT2D eigenvalue weighted by atomic mass is 79.9. The Morgan fingerprint density at radius 1 is 1.42 bits per heavy atom. The van der Waals surface area contributed by atoms with Crippen molar-refractivity contribution in [3.05, 3.63) is 44.9 Å². The van der Waals surface area contributed by atoms with Crippen LogP contribution in [0.25, 0.3) is 0 Å². The maximum Gasteiger partial charge on any atom is 0.257 e. The van der Waals surface area contributed by atoms with Crippen LogP contribution in [-0.4, -0.2) is 10.9 Å². The van der Waals surface area contributed by atoms with Crippen molar-refractivity contribution in [2.45, 2.75) is 25.7 Å². The highest BCUT2D eigenvalue weighted by Gasteiger charge is 2.26. The number of anilines is 1. The van der Waals surface area contributed by atoms with Gasteiger partial charge in [-0.3, -0.25) is 10.1 Å². The third-order valence-electron chi connectivity index (χ3n) is 3.04. The normalized spacial score (nSPS) is 14.4. The second-order valence-electron chi connectivity index (χ2n) is 4.82. The van der Waals surface area contributed by atoms with E-state index < -0.39 is 0 Å². The van der Waals surface area contributed by atoms with Crippen LogP contribution in [0.2, 0.25) is 0 Å². The molecule has 3 nitrogen and oxygen atoms in total. The summed E-state index contributed by atoms with van der Waals surface area (Å²) < 4.78 is 0.912. The zero-order valence-corrected chi connectivity index (χ0v) is 12.8. The third kappa shape index (κ3) is 3.04. The summed E-state index contributed by atoms with van der Waals surface area (Å²) >= 11 is 4.90. The second-order valence-corrected chi connectivity index (χ2v) is 6.60. The molecule has 1 aromatic carbocycles. The molecule has 3 rings (SSSR count). The first-order valence-electron chi connectivity index (χ1n) is 6.16. The van der Waals surface area contributed by atoms with Gasteiger partial charge in [-0.05, 0) is 43.5 Å². The molecule has 1 N–H and O–H groups in total. The maximum absolute atomic E-state index is 12.1. The lowest BCUT2D eigenvalue weighted by atomic mass is 10.1. The molecule has 0 bridgehead atoms. The predicted octanol–water partition coefficient (Wildman–Crippen LogP) is 4.34. The van der Waals surface area contributed by atoms with Gasteiger partial charge in [-0.25, -0.2) is 4.98 Å². The molecule has 1 saturated carbocycles. The molecular weight excluding hydrogens is 324 g/mol. The molecule has 1 amide bonds. The van der Waals surface area contributed by atoms with E-state index in [0.29, 0.717) is 16.6 Å². The molecule has 1 fully saturated rings. The molecule has 0 unspecified atom stereocenters. The van der Waals surface area contributed by atoms with Crippen LogP contribution in [0.3, 0.4) is 0 Å². The number of nitrogens with one attached hydrogen (secondary N) is 1. The van der Waals surface area contributed by atoms with Crippen LogP contribution in [0, 0.1) is 6.92 Å². The molecule has 98 valence electrons. The van der Waals surface area contributed by atoms with Crippen LogP contribution < -0.4 is 5.32 Å². The maximum atomic E-state index is 12.1. The molecule has 0 atom stereocenters. The summed E-state index contributed by atoms with van der Waals surface area (Å²) in [7, 11) is 0. The molecule has 1 aromatic heterocycles. The minimum absolute atomic E-state index is 0.110. The van der Waals surface area contributed by atoms with Crippen LogP contribution in [0.1, 0.15) is 40.4 Å². The summed E-state index contributed by atoms with van der Waals surface area (Å²) in [6, 6.07) is 5.67. The SMILES string of the molecule is Cc1cc(Br)cc(C(=O)Nc2nc(C3CC3)cs2)c1. The number of thiazole rings is 1. The van der Waals surface area contributed by atoms with Gasteiger partial charge in [0, 0.05) is 21.3 Å². The van der Waals surface area contributed by atoms with Crippen LogP contribution in [0.4, 0.5) is 5.13 Å². The first-order valence-corrected chi connectivity index (χ1v) is 7.83. The lowest BCUT2D eigenvalue weighted by Gasteiger charge is -2.04. The Bertz CT molecular complexity index is 614. The fourth-order valence-electron chi connectivity index (χ4n) is 1.95. The van der Waals surface area contributed by atoms with Crippen molar-refractivity contribution in [2.75, 3.05) is 5.32 Å². The minimum Gasteiger partial charge on any atom is -0.298 e. The van der Waals surface area contributed by atoms with Crippen molar-refractivity contribution >= 4 is 38.3 Å². The van der Waals surface area contributed by atoms with E-state index in [-0.39, 0.29) is 5.91 Å². The van der Waals surface area contributed by atoms with Crippen LogP contribution in [0.15, 0.2) is 28.1 Å². The van der Waals surface area contributed by atoms with E-state index in [4.69, 9.17) is 0 Å². The lowest BCUT2D eigenvalue weighted by Crippen LogP contribution is -2.12. The number of rotatable bonds is 3. The standard InChI is InChI=1S/C14H13BrN2OS/c1-8-4-10(6-11(15)5-8)13(18)17-14-16-12(7-19-14)9-2-3-9/h4-7,9H,2-3H2,1H3,(H,16,17,18). The first-order chi connectivity index (χ1) is 9.11. The monoisotopic (exact) mass is 336 g/mol. The average Bonchev–Trinajstić information content (AvgIpc) is 3.09. The Balaban J connectivity index is 1.75. The molecular formula is C14H13BrN2OS. The van der Waals surface area contributed by atoms with Gasteiger partial charge in [-0.15, -0.1) is 11.3 Å². The minimum atomic E-state index is -0.110. The molecule has 1 heterocycles. The van der Waals surface area contributed by atoms with Crippen molar-refractivity contribution < 1.29 is 4.79 Å². The summed E-state index contributed by atoms with van der Waals surface area (Å²) in [6.07, 6.45) is 2.45. The zero-order valence-electron chi connectivity index (χ0n) is 10.4. The number of aryl methyl sites for hydroxylation is 1. The smallest absolute Gasteiger partial charge is 0.257 e. The summed E-state index contributed by atoms with van der Waals surface area (Å²) in [5.41, 5.74) is 2.82. The van der Waals surface area contributed by atoms with Crippen LogP contribution in [0.5, 0.6) is 0 Å². The summed E-state index contributed by atoms with van der Waals surface area (Å²) in [6.45, 7) is 1.97. The number of nitrogens with zero attached hydrogens (tertiary/aromatic N) is 1. The van der Waals surface area contributed by atoms with Gasteiger partial charge in [0.05, 0.1) is 5.69 Å². The third-order valence-corrected chi connectivity index (χ3v) is 4.28. The molecule has 1 aliphatic rings. The Kier molecular flexibility index (Phi) is 3.41. The fourth-order valence-corrected chi connectivity index (χ4v) is 3.34. The van der Waals surface area contributed by atoms with E-state index in [1.165, 1.54) is 24.2 Å². The number of aromatic nitrogens is 1. The van der Waals surface area contributed by atoms with Crippen molar-refractivity contribution in [1.82, 2.24) is 4.98 Å². The zero-order chi connectivity index (χ0) is 13.4. The topological polar surface area (TPSA) is 42.0 Å². The van der Waals surface area contributed by atoms with Gasteiger partial charge in [0.25, 0.3) is 5.91 Å². The van der Waals surface area contributed by atoms with Crippen molar-refractivity contribution in [3.8, 4) is 0 Å². The number of carbonyl (C=O) groups excluding carboxylic acids is 1. The molecule has 1 aliphatic carbocycles. The highest BCUT2D eigenvalue weighted by Crippen LogP contribution is 2.40. The van der Waals surface area contributed by atoms with E-state index in [2.05, 4.69) is 26.2 Å². The number of hydrogen-bond acceptors (Lipinski definition) is 3. The summed E-state index contributed by atoms with van der Waals surface area (Å²) in [4.78, 5) is 16.6. The number of benzene rings is 1. The van der Waals surface area contributed by atoms with Crippen molar-refractivity contribution in [1.29, 1.82) is 0 Å². The molecule has 0 aliphatic heterocycles. The Morgan fingerprint density at radius 3 is 2.89 bits per heavy atom. The lowest BCUT2D eigenvalue weighted by molar-refractivity contribution is 0.102. The average molecular weight is 337 g/mol. The van der Waals surface area contributed by atoms with Gasteiger partial charge < -0.3 is 0 Å². The van der Waals surface area contributed by atoms with Gasteiger partial charge in [0.15, 0.2) is 5.13 Å². The van der Waals surface area contributed by atoms with Gasteiger partial charge in [0.2, 0.25) is 0 Å². The number of halogens is 1. The predicted molar refractivity (Wildman–Crippen MR) is 80.9 cm³/mol. The van der Waals surface area contributed by atoms with Gasteiger partial charge in [-0.1, -0.05) is 15.9 Å². The van der Waals surface area contributed by atoms with Gasteiger partial charge in [0.1, 0.15) is 0 Å². The van der Waals surface area contributed by atoms with E-state index >= 15 is 0 Å². The van der Waals surface area contributed by atoms with E-state index in [1.807, 2.05) is 30.5 Å². The second kappa shape index (κ2) is 5.06. The molecule has 0 radical (unpaired) electrons. The summed E-state index contributed by atoms with van der Waals surface area (Å²) in [5, 5.41) is 5.59. The number of carbonyl (C=O) groups is 1. The fraction of sp³-hybridized carbons (Fsp3) is 0.286. The van der Waals surface area contributed by atoms with Gasteiger partial charge in [-0.2, -0.15) is 0 Å². The van der Waals surface area contributed by atoms with E-state index in [0.717, 1.165) is 15.7 Å². The molecule has 0 spiro atoms. The molecule has 0 saturated heterocycles. The van der Waals surface area contributed by atoms with E-state index in [9.17, 15) is 4.79 Å². The highest BCUT2D eigenvalue weighted by molar-refractivity contribution is 9.10. The van der Waals surface area contributed by atoms with Crippen molar-refractivity contribution in [3.63, 3.8) is 0 Å². The summed E-state index contributed by atoms with van der Waals surface area (Å²) in [5.74, 6) is 0.510. The quantitative estimate of drug-likeness (QED) is 0.905. The Hall–Kier alpha value is -1.20.